The predicted molar refractivity (Wildman–Crippen MR) is 189 cm³/mol. The van der Waals surface area contributed by atoms with Crippen LogP contribution in [-0.4, -0.2) is 84.7 Å². The van der Waals surface area contributed by atoms with Gasteiger partial charge in [0.05, 0.1) is 7.11 Å². The Kier molecular flexibility index (Phi) is 17.2. The summed E-state index contributed by atoms with van der Waals surface area (Å²) in [7, 11) is 1.41. The standard InChI is InChI=1S/C37H47N3O4.C2HF3O2/c1-44-36(42)21-6-3-7-25-40(35(41)20-11-15-30-13-4-2-5-14-30)29-31-16-10-17-32(27-31)33-18-12-19-34(28-33)37(43)38-22-26-39-23-8-9-24-39;3-2(4,5)1(6)7/h2,4-5,10,12-14,16-19,27-28H,3,6-9,11,15,20-26,29H2,1H3,(H,38,43);(H,6,7). The number of carboxylic acids is 1. The Bertz CT molecular complexity index is 1540. The molecule has 3 aromatic rings. The second kappa shape index (κ2) is 21.5. The maximum Gasteiger partial charge on any atom is 0.490 e. The highest BCUT2D eigenvalue weighted by molar-refractivity contribution is 5.95. The van der Waals surface area contributed by atoms with Crippen molar-refractivity contribution in [3.63, 3.8) is 0 Å². The number of hydrogen-bond acceptors (Lipinski definition) is 6. The van der Waals surface area contributed by atoms with Crippen molar-refractivity contribution >= 4 is 23.8 Å². The highest BCUT2D eigenvalue weighted by atomic mass is 19.4. The SMILES string of the molecule is COC(=O)CCCCCN(Cc1cccc(-c2cccc(C(=O)NCCN3CCCC3)c2)c1)C(=O)CCCc1ccccc1.O=C(O)C(F)(F)F. The molecule has 2 N–H and O–H groups in total. The number of halogens is 3. The fraction of sp³-hybridized carbons (Fsp3) is 0.436. The number of aryl methyl sites for hydroxylation is 1. The van der Waals surface area contributed by atoms with E-state index in [2.05, 4.69) is 34.5 Å². The van der Waals surface area contributed by atoms with E-state index in [0.717, 1.165) is 68.4 Å². The lowest BCUT2D eigenvalue weighted by molar-refractivity contribution is -0.192. The summed E-state index contributed by atoms with van der Waals surface area (Å²) in [6.45, 7) is 4.94. The molecule has 0 bridgehead atoms. The number of aliphatic carboxylic acids is 1. The van der Waals surface area contributed by atoms with Gasteiger partial charge in [-0.15, -0.1) is 0 Å². The quantitative estimate of drug-likeness (QED) is 0.116. The number of methoxy groups -OCH3 is 1. The van der Waals surface area contributed by atoms with Crippen molar-refractivity contribution in [1.29, 1.82) is 0 Å². The molecule has 0 saturated carbocycles. The number of rotatable bonds is 17. The monoisotopic (exact) mass is 711 g/mol. The first-order valence-electron chi connectivity index (χ1n) is 17.3. The topological polar surface area (TPSA) is 116 Å². The van der Waals surface area contributed by atoms with Crippen LogP contribution < -0.4 is 5.32 Å². The molecule has 12 heteroatoms. The number of carbonyl (C=O) groups is 4. The molecule has 9 nitrogen and oxygen atoms in total. The van der Waals surface area contributed by atoms with Crippen molar-refractivity contribution in [2.45, 2.75) is 70.5 Å². The van der Waals surface area contributed by atoms with Crippen LogP contribution in [0.4, 0.5) is 13.2 Å². The first-order valence-corrected chi connectivity index (χ1v) is 17.3. The molecule has 4 rings (SSSR count). The van der Waals surface area contributed by atoms with Gasteiger partial charge in [0.15, 0.2) is 0 Å². The van der Waals surface area contributed by atoms with Crippen molar-refractivity contribution in [3.8, 4) is 11.1 Å². The first kappa shape index (κ1) is 40.7. The normalized spacial score (nSPS) is 12.8. The lowest BCUT2D eigenvalue weighted by Crippen LogP contribution is -2.33. The Morgan fingerprint density at radius 1 is 0.824 bits per heavy atom. The average Bonchev–Trinajstić information content (AvgIpc) is 3.65. The van der Waals surface area contributed by atoms with Gasteiger partial charge < -0.3 is 25.0 Å². The molecular weight excluding hydrogens is 663 g/mol. The molecule has 1 heterocycles. The zero-order valence-corrected chi connectivity index (χ0v) is 29.1. The maximum atomic E-state index is 13.4. The Hall–Kier alpha value is -4.71. The van der Waals surface area contributed by atoms with Crippen LogP contribution >= 0.6 is 0 Å². The Morgan fingerprint density at radius 2 is 1.47 bits per heavy atom. The fourth-order valence-electron chi connectivity index (χ4n) is 5.73. The molecule has 0 aromatic heterocycles. The van der Waals surface area contributed by atoms with E-state index in [0.29, 0.717) is 38.0 Å². The minimum absolute atomic E-state index is 0.0540. The molecular formula is C39H48F3N3O6. The van der Waals surface area contributed by atoms with E-state index in [-0.39, 0.29) is 17.8 Å². The minimum atomic E-state index is -5.08. The Balaban J connectivity index is 0.000000908. The number of benzene rings is 3. The van der Waals surface area contributed by atoms with Crippen molar-refractivity contribution in [1.82, 2.24) is 15.1 Å². The third kappa shape index (κ3) is 15.4. The molecule has 51 heavy (non-hydrogen) atoms. The Labute approximate surface area is 297 Å². The third-order valence-electron chi connectivity index (χ3n) is 8.50. The van der Waals surface area contributed by atoms with E-state index in [1.165, 1.54) is 25.5 Å². The summed E-state index contributed by atoms with van der Waals surface area (Å²) < 4.78 is 36.5. The third-order valence-corrected chi connectivity index (χ3v) is 8.50. The smallest absolute Gasteiger partial charge is 0.475 e. The van der Waals surface area contributed by atoms with Crippen molar-refractivity contribution in [2.24, 2.45) is 0 Å². The van der Waals surface area contributed by atoms with Gasteiger partial charge in [-0.1, -0.05) is 67.1 Å². The average molecular weight is 712 g/mol. The second-order valence-corrected chi connectivity index (χ2v) is 12.4. The number of esters is 1. The summed E-state index contributed by atoms with van der Waals surface area (Å²) in [6, 6.07) is 26.2. The van der Waals surface area contributed by atoms with Gasteiger partial charge in [-0.3, -0.25) is 14.4 Å². The number of carboxylic acid groups (broad SMARTS) is 1. The minimum Gasteiger partial charge on any atom is -0.475 e. The number of ether oxygens (including phenoxy) is 1. The van der Waals surface area contributed by atoms with E-state index in [1.54, 1.807) is 0 Å². The van der Waals surface area contributed by atoms with Crippen LogP contribution in [-0.2, 0) is 32.1 Å². The number of carbonyl (C=O) groups excluding carboxylic acids is 3. The molecule has 0 atom stereocenters. The van der Waals surface area contributed by atoms with Crippen molar-refractivity contribution in [2.75, 3.05) is 39.8 Å². The lowest BCUT2D eigenvalue weighted by atomic mass is 10.0. The highest BCUT2D eigenvalue weighted by Crippen LogP contribution is 2.23. The largest absolute Gasteiger partial charge is 0.490 e. The van der Waals surface area contributed by atoms with Crippen LogP contribution in [0.5, 0.6) is 0 Å². The number of nitrogens with one attached hydrogen (secondary N) is 1. The number of alkyl halides is 3. The van der Waals surface area contributed by atoms with Gasteiger partial charge >= 0.3 is 18.1 Å². The summed E-state index contributed by atoms with van der Waals surface area (Å²) in [4.78, 5) is 51.0. The van der Waals surface area contributed by atoms with E-state index in [1.807, 2.05) is 59.5 Å². The summed E-state index contributed by atoms with van der Waals surface area (Å²) in [5, 5.41) is 10.2. The van der Waals surface area contributed by atoms with Crippen LogP contribution in [0, 0.1) is 0 Å². The van der Waals surface area contributed by atoms with Gasteiger partial charge in [0.1, 0.15) is 0 Å². The predicted octanol–water partition coefficient (Wildman–Crippen LogP) is 6.90. The first-order chi connectivity index (χ1) is 24.5. The summed E-state index contributed by atoms with van der Waals surface area (Å²) >= 11 is 0. The van der Waals surface area contributed by atoms with Gasteiger partial charge in [-0.2, -0.15) is 13.2 Å². The molecule has 276 valence electrons. The Morgan fingerprint density at radius 3 is 2.14 bits per heavy atom. The van der Waals surface area contributed by atoms with E-state index < -0.39 is 12.1 Å². The number of nitrogens with zero attached hydrogens (tertiary/aromatic N) is 2. The van der Waals surface area contributed by atoms with Crippen molar-refractivity contribution < 1.29 is 42.2 Å². The zero-order valence-electron chi connectivity index (χ0n) is 29.1. The molecule has 3 aromatic carbocycles. The van der Waals surface area contributed by atoms with Crippen LogP contribution in [0.25, 0.3) is 11.1 Å². The molecule has 1 fully saturated rings. The fourth-order valence-corrected chi connectivity index (χ4v) is 5.73. The summed E-state index contributed by atoms with van der Waals surface area (Å²) in [5.41, 5.74) is 4.93. The molecule has 2 amide bonds. The molecule has 1 saturated heterocycles. The van der Waals surface area contributed by atoms with Gasteiger partial charge in [-0.25, -0.2) is 4.79 Å². The van der Waals surface area contributed by atoms with Gasteiger partial charge in [0, 0.05) is 44.6 Å². The number of unbranched alkanes of at least 4 members (excludes halogenated alkanes) is 2. The molecule has 0 aliphatic carbocycles. The number of hydrogen-bond donors (Lipinski definition) is 2. The van der Waals surface area contributed by atoms with Gasteiger partial charge in [0.25, 0.3) is 5.91 Å². The van der Waals surface area contributed by atoms with E-state index >= 15 is 0 Å². The second-order valence-electron chi connectivity index (χ2n) is 12.4. The van der Waals surface area contributed by atoms with Gasteiger partial charge in [0.2, 0.25) is 5.91 Å². The summed E-state index contributed by atoms with van der Waals surface area (Å²) in [6.07, 6.45) is 2.40. The van der Waals surface area contributed by atoms with Crippen molar-refractivity contribution in [3.05, 3.63) is 95.6 Å². The van der Waals surface area contributed by atoms with E-state index in [4.69, 9.17) is 14.6 Å². The number of likely N-dealkylation sites (tertiary alicyclic amines) is 1. The molecule has 1 aliphatic heterocycles. The lowest BCUT2D eigenvalue weighted by Gasteiger charge is -2.23. The van der Waals surface area contributed by atoms with Crippen LogP contribution in [0.2, 0.25) is 0 Å². The summed E-state index contributed by atoms with van der Waals surface area (Å²) in [5.74, 6) is -2.86. The van der Waals surface area contributed by atoms with Crippen LogP contribution in [0.15, 0.2) is 78.9 Å². The van der Waals surface area contributed by atoms with Crippen LogP contribution in [0.3, 0.4) is 0 Å². The molecule has 0 unspecified atom stereocenters. The molecule has 1 aliphatic rings. The maximum absolute atomic E-state index is 13.4. The van der Waals surface area contributed by atoms with E-state index in [9.17, 15) is 27.6 Å². The highest BCUT2D eigenvalue weighted by Gasteiger charge is 2.38. The van der Waals surface area contributed by atoms with Crippen LogP contribution in [0.1, 0.15) is 72.9 Å². The van der Waals surface area contributed by atoms with Gasteiger partial charge in [-0.05, 0) is 92.1 Å². The molecule has 0 spiro atoms. The number of amides is 2. The molecule has 0 radical (unpaired) electrons. The zero-order chi connectivity index (χ0) is 37.1.